The van der Waals surface area contributed by atoms with Crippen LogP contribution in [0.3, 0.4) is 0 Å². The van der Waals surface area contributed by atoms with Gasteiger partial charge in [0.1, 0.15) is 12.0 Å². The lowest BCUT2D eigenvalue weighted by molar-refractivity contribution is -0.115. The predicted molar refractivity (Wildman–Crippen MR) is 187 cm³/mol. The molecule has 6 unspecified atom stereocenters. The number of rotatable bonds is 14. The van der Waals surface area contributed by atoms with Crippen molar-refractivity contribution in [3.05, 3.63) is 95.6 Å². The minimum absolute atomic E-state index is 0.0105. The van der Waals surface area contributed by atoms with Crippen LogP contribution in [0.5, 0.6) is 0 Å². The van der Waals surface area contributed by atoms with E-state index in [2.05, 4.69) is 15.6 Å². The first-order chi connectivity index (χ1) is 24.1. The molecule has 2 fully saturated rings. The summed E-state index contributed by atoms with van der Waals surface area (Å²) in [7, 11) is -4.17. The van der Waals surface area contributed by atoms with Crippen LogP contribution in [0.1, 0.15) is 42.9 Å². The van der Waals surface area contributed by atoms with Crippen LogP contribution in [-0.2, 0) is 42.0 Å². The molecule has 3 aromatic carbocycles. The van der Waals surface area contributed by atoms with Crippen LogP contribution in [0.4, 0.5) is 10.5 Å². The Balaban J connectivity index is 1.20. The number of anilines is 1. The minimum atomic E-state index is -4.17. The number of aliphatic hydroxyl groups is 1. The number of hydrogen-bond acceptors (Lipinski definition) is 9. The number of hydrogen-bond donors (Lipinski definition) is 3. The second-order valence-electron chi connectivity index (χ2n) is 13.4. The van der Waals surface area contributed by atoms with Crippen LogP contribution in [0.25, 0.3) is 0 Å². The molecule has 6 atom stereocenters. The lowest BCUT2D eigenvalue weighted by Crippen LogP contribution is -2.51. The molecule has 0 radical (unpaired) electrons. The number of nitrogens with zero attached hydrogens (tertiary/aromatic N) is 2. The summed E-state index contributed by atoms with van der Waals surface area (Å²) in [4.78, 5) is 30.5. The highest BCUT2D eigenvalue weighted by Gasteiger charge is 2.44. The summed E-state index contributed by atoms with van der Waals surface area (Å²) >= 11 is 0. The Morgan fingerprint density at radius 2 is 1.78 bits per heavy atom. The molecule has 13 heteroatoms. The monoisotopic (exact) mass is 704 g/mol. The van der Waals surface area contributed by atoms with E-state index in [1.165, 1.54) is 16.4 Å². The van der Waals surface area contributed by atoms with Gasteiger partial charge in [-0.25, -0.2) is 13.2 Å². The fraction of sp³-hybridized carbons (Fsp3) is 0.432. The molecule has 266 valence electrons. The molecule has 12 nitrogen and oxygen atoms in total. The Hall–Kier alpha value is -4.14. The Labute approximate surface area is 292 Å². The SMILES string of the molecule is CC(C)CN(CC(O)C(Cc1ccccc1)NC(=O)OC1COC2OCCC12)S(=O)(=O)c1ccc2c(c1)C(C=NCc1ccccc1)C(=O)N2. The van der Waals surface area contributed by atoms with Crippen LogP contribution >= 0.6 is 0 Å². The van der Waals surface area contributed by atoms with Gasteiger partial charge in [0.15, 0.2) is 6.29 Å². The predicted octanol–water partition coefficient (Wildman–Crippen LogP) is 4.10. The van der Waals surface area contributed by atoms with E-state index in [0.29, 0.717) is 24.4 Å². The zero-order valence-electron chi connectivity index (χ0n) is 28.2. The first-order valence-electron chi connectivity index (χ1n) is 17.0. The maximum absolute atomic E-state index is 14.3. The molecule has 0 saturated carbocycles. The van der Waals surface area contributed by atoms with Crippen molar-refractivity contribution in [1.29, 1.82) is 0 Å². The number of sulfonamides is 1. The van der Waals surface area contributed by atoms with Gasteiger partial charge in [-0.3, -0.25) is 9.79 Å². The fourth-order valence-electron chi connectivity index (χ4n) is 6.60. The molecule has 0 aliphatic carbocycles. The number of fused-ring (bicyclic) bond motifs is 2. The Kier molecular flexibility index (Phi) is 11.3. The maximum Gasteiger partial charge on any atom is 0.407 e. The molecule has 3 heterocycles. The van der Waals surface area contributed by atoms with Gasteiger partial charge in [-0.2, -0.15) is 4.31 Å². The largest absolute Gasteiger partial charge is 0.443 e. The molecule has 0 spiro atoms. The van der Waals surface area contributed by atoms with E-state index in [1.54, 1.807) is 12.3 Å². The van der Waals surface area contributed by atoms with Crippen LogP contribution in [0.15, 0.2) is 88.8 Å². The third-order valence-electron chi connectivity index (χ3n) is 9.18. The smallest absolute Gasteiger partial charge is 0.407 e. The van der Waals surface area contributed by atoms with Crippen molar-refractivity contribution in [2.24, 2.45) is 16.8 Å². The van der Waals surface area contributed by atoms with E-state index in [1.807, 2.05) is 74.5 Å². The topological polar surface area (TPSA) is 156 Å². The van der Waals surface area contributed by atoms with Gasteiger partial charge in [0.25, 0.3) is 0 Å². The number of nitrogens with one attached hydrogen (secondary N) is 2. The van der Waals surface area contributed by atoms with Crippen molar-refractivity contribution in [3.63, 3.8) is 0 Å². The number of carbonyl (C=O) groups is 2. The Bertz CT molecular complexity index is 1770. The molecule has 3 N–H and O–H groups in total. The highest BCUT2D eigenvalue weighted by atomic mass is 32.2. The number of ether oxygens (including phenoxy) is 3. The Morgan fingerprint density at radius 1 is 1.06 bits per heavy atom. The highest BCUT2D eigenvalue weighted by Crippen LogP contribution is 2.35. The number of aliphatic hydroxyl groups excluding tert-OH is 1. The summed E-state index contributed by atoms with van der Waals surface area (Å²) in [5, 5.41) is 17.3. The summed E-state index contributed by atoms with van der Waals surface area (Å²) in [6.07, 6.45) is -0.388. The summed E-state index contributed by atoms with van der Waals surface area (Å²) in [6, 6.07) is 22.6. The second kappa shape index (κ2) is 15.8. The molecule has 3 aliphatic rings. The van der Waals surface area contributed by atoms with Gasteiger partial charge < -0.3 is 30.0 Å². The summed E-state index contributed by atoms with van der Waals surface area (Å²) in [6.45, 7) is 4.73. The minimum Gasteiger partial charge on any atom is -0.443 e. The van der Waals surface area contributed by atoms with Crippen LogP contribution < -0.4 is 10.6 Å². The van der Waals surface area contributed by atoms with E-state index in [-0.39, 0.29) is 48.8 Å². The standard InChI is InChI=1S/C37H44N4O8S/c1-24(2)21-41(50(45,46)27-13-14-31-29(18-27)30(35(43)39-31)20-38-19-26-11-7-4-8-12-26)22-33(42)32(17-25-9-5-3-6-10-25)40-37(44)49-34-23-48-36-28(34)15-16-47-36/h3-14,18,20,24,28,30,32-34,36,42H,15-17,19,21-23H2,1-2H3,(H,39,43)(H,40,44). The van der Waals surface area contributed by atoms with Crippen molar-refractivity contribution in [2.75, 3.05) is 31.6 Å². The lowest BCUT2D eigenvalue weighted by Gasteiger charge is -2.31. The van der Waals surface area contributed by atoms with Crippen molar-refractivity contribution in [1.82, 2.24) is 9.62 Å². The van der Waals surface area contributed by atoms with E-state index in [4.69, 9.17) is 14.2 Å². The zero-order chi connectivity index (χ0) is 35.3. The molecule has 0 bridgehead atoms. The van der Waals surface area contributed by atoms with Crippen molar-refractivity contribution in [2.45, 2.75) is 68.6 Å². The number of carbonyl (C=O) groups excluding carboxylic acids is 2. The van der Waals surface area contributed by atoms with Gasteiger partial charge in [-0.15, -0.1) is 0 Å². The van der Waals surface area contributed by atoms with E-state index in [0.717, 1.165) is 17.5 Å². The van der Waals surface area contributed by atoms with Crippen molar-refractivity contribution in [3.8, 4) is 0 Å². The number of amides is 2. The molecule has 6 rings (SSSR count). The average Bonchev–Trinajstić information content (AvgIpc) is 3.80. The second-order valence-corrected chi connectivity index (χ2v) is 15.3. The van der Waals surface area contributed by atoms with Gasteiger partial charge in [0, 0.05) is 25.0 Å². The molecule has 2 amide bonds. The van der Waals surface area contributed by atoms with Gasteiger partial charge in [0.05, 0.1) is 42.7 Å². The van der Waals surface area contributed by atoms with Crippen LogP contribution in [0, 0.1) is 11.8 Å². The zero-order valence-corrected chi connectivity index (χ0v) is 29.0. The van der Waals surface area contributed by atoms with Gasteiger partial charge >= 0.3 is 6.09 Å². The molecule has 2 saturated heterocycles. The molecule has 3 aliphatic heterocycles. The quantitative estimate of drug-likeness (QED) is 0.212. The maximum atomic E-state index is 14.3. The van der Waals surface area contributed by atoms with Gasteiger partial charge in [0.2, 0.25) is 15.9 Å². The van der Waals surface area contributed by atoms with Gasteiger partial charge in [-0.05, 0) is 53.6 Å². The van der Waals surface area contributed by atoms with Gasteiger partial charge in [-0.1, -0.05) is 74.5 Å². The van der Waals surface area contributed by atoms with E-state index < -0.39 is 46.6 Å². The third kappa shape index (κ3) is 8.41. The molecule has 50 heavy (non-hydrogen) atoms. The van der Waals surface area contributed by atoms with Crippen molar-refractivity contribution < 1.29 is 37.3 Å². The summed E-state index contributed by atoms with van der Waals surface area (Å²) in [5.41, 5.74) is 2.86. The molecule has 0 aromatic heterocycles. The summed E-state index contributed by atoms with van der Waals surface area (Å²) in [5.74, 6) is -1.18. The first kappa shape index (κ1) is 35.7. The van der Waals surface area contributed by atoms with E-state index in [9.17, 15) is 23.1 Å². The van der Waals surface area contributed by atoms with Crippen LogP contribution in [0.2, 0.25) is 0 Å². The van der Waals surface area contributed by atoms with Crippen LogP contribution in [-0.4, -0.2) is 86.9 Å². The lowest BCUT2D eigenvalue weighted by atomic mass is 10.0. The molecular formula is C37H44N4O8S. The average molecular weight is 705 g/mol. The van der Waals surface area contributed by atoms with Crippen molar-refractivity contribution >= 4 is 33.9 Å². The summed E-state index contributed by atoms with van der Waals surface area (Å²) < 4.78 is 46.6. The number of aliphatic imine (C=N–C) groups is 1. The Morgan fingerprint density at radius 3 is 2.50 bits per heavy atom. The van der Waals surface area contributed by atoms with E-state index >= 15 is 0 Å². The normalized spacial score (nSPS) is 22.8. The number of benzene rings is 3. The first-order valence-corrected chi connectivity index (χ1v) is 18.4. The third-order valence-corrected chi connectivity index (χ3v) is 11.0. The fourth-order valence-corrected chi connectivity index (χ4v) is 8.26. The molecule has 3 aromatic rings. The highest BCUT2D eigenvalue weighted by molar-refractivity contribution is 7.89. The number of alkyl carbamates (subject to hydrolysis) is 1. The molecular weight excluding hydrogens is 660 g/mol.